The summed E-state index contributed by atoms with van der Waals surface area (Å²) in [5.74, 6) is 0.0260. The molecule has 0 spiro atoms. The van der Waals surface area contributed by atoms with Crippen molar-refractivity contribution in [2.24, 2.45) is 0 Å². The lowest BCUT2D eigenvalue weighted by atomic mass is 10.3. The zero-order valence-electron chi connectivity index (χ0n) is 7.04. The Bertz CT molecular complexity index is 389. The van der Waals surface area contributed by atoms with Gasteiger partial charge in [-0.05, 0) is 25.1 Å². The number of benzene rings is 1. The smallest absolute Gasteiger partial charge is 0.232 e. The Morgan fingerprint density at radius 1 is 1.62 bits per heavy atom. The molecule has 1 aromatic rings. The molecule has 0 fully saturated rings. The fourth-order valence-corrected chi connectivity index (χ4v) is 1.60. The van der Waals surface area contributed by atoms with Crippen LogP contribution >= 0.6 is 11.6 Å². The van der Waals surface area contributed by atoms with Crippen molar-refractivity contribution >= 4 is 27.3 Å². The highest BCUT2D eigenvalue weighted by Crippen LogP contribution is 2.21. The SMILES string of the molecule is CCS(=O)(=O)Nc1c[c]ccc1Cl. The van der Waals surface area contributed by atoms with Gasteiger partial charge in [-0.1, -0.05) is 17.7 Å². The Morgan fingerprint density at radius 2 is 2.31 bits per heavy atom. The lowest BCUT2D eigenvalue weighted by Crippen LogP contribution is -2.14. The van der Waals surface area contributed by atoms with Crippen molar-refractivity contribution in [3.05, 3.63) is 29.3 Å². The van der Waals surface area contributed by atoms with Crippen molar-refractivity contribution in [2.45, 2.75) is 6.92 Å². The summed E-state index contributed by atoms with van der Waals surface area (Å²) in [6.45, 7) is 1.56. The quantitative estimate of drug-likeness (QED) is 0.843. The topological polar surface area (TPSA) is 46.2 Å². The molecule has 1 radical (unpaired) electrons. The summed E-state index contributed by atoms with van der Waals surface area (Å²) in [4.78, 5) is 0. The lowest BCUT2D eigenvalue weighted by Gasteiger charge is -2.06. The average Bonchev–Trinajstić information content (AvgIpc) is 2.09. The van der Waals surface area contributed by atoms with Crippen LogP contribution in [-0.4, -0.2) is 14.2 Å². The van der Waals surface area contributed by atoms with E-state index in [0.717, 1.165) is 0 Å². The summed E-state index contributed by atoms with van der Waals surface area (Å²) in [5, 5.41) is 0.371. The van der Waals surface area contributed by atoms with Crippen molar-refractivity contribution in [3.63, 3.8) is 0 Å². The van der Waals surface area contributed by atoms with E-state index < -0.39 is 10.0 Å². The fourth-order valence-electron chi connectivity index (χ4n) is 0.729. The first kappa shape index (κ1) is 10.3. The van der Waals surface area contributed by atoms with Crippen molar-refractivity contribution < 1.29 is 8.42 Å². The van der Waals surface area contributed by atoms with Crippen LogP contribution in [0.4, 0.5) is 5.69 Å². The van der Waals surface area contributed by atoms with E-state index in [4.69, 9.17) is 11.6 Å². The molecule has 71 valence electrons. The van der Waals surface area contributed by atoms with Gasteiger partial charge in [-0.2, -0.15) is 0 Å². The number of nitrogens with one attached hydrogen (secondary N) is 1. The van der Waals surface area contributed by atoms with Gasteiger partial charge in [0.25, 0.3) is 0 Å². The minimum absolute atomic E-state index is 0.0260. The minimum Gasteiger partial charge on any atom is -0.282 e. The normalized spacial score (nSPS) is 11.2. The monoisotopic (exact) mass is 218 g/mol. The molecule has 0 atom stereocenters. The Kier molecular flexibility index (Phi) is 3.17. The molecule has 0 aromatic heterocycles. The summed E-state index contributed by atoms with van der Waals surface area (Å²) in [7, 11) is -3.25. The molecular formula is C8H9ClNO2S. The highest BCUT2D eigenvalue weighted by molar-refractivity contribution is 7.92. The van der Waals surface area contributed by atoms with Gasteiger partial charge in [0, 0.05) is 0 Å². The van der Waals surface area contributed by atoms with Gasteiger partial charge in [0.05, 0.1) is 16.5 Å². The summed E-state index contributed by atoms with van der Waals surface area (Å²) in [6, 6.07) is 7.43. The van der Waals surface area contributed by atoms with Crippen LogP contribution in [0.2, 0.25) is 5.02 Å². The van der Waals surface area contributed by atoms with E-state index in [0.29, 0.717) is 10.7 Å². The predicted molar refractivity (Wildman–Crippen MR) is 53.4 cm³/mol. The van der Waals surface area contributed by atoms with Crippen molar-refractivity contribution in [1.82, 2.24) is 0 Å². The summed E-state index contributed by atoms with van der Waals surface area (Å²) < 4.78 is 24.6. The number of halogens is 1. The lowest BCUT2D eigenvalue weighted by molar-refractivity contribution is 0.602. The molecule has 0 bridgehead atoms. The van der Waals surface area contributed by atoms with Gasteiger partial charge in [0.15, 0.2) is 0 Å². The maximum Gasteiger partial charge on any atom is 0.232 e. The van der Waals surface area contributed by atoms with Gasteiger partial charge in [0.2, 0.25) is 10.0 Å². The Hall–Kier alpha value is -0.740. The molecule has 0 aliphatic heterocycles. The van der Waals surface area contributed by atoms with Crippen LogP contribution in [0.1, 0.15) is 6.92 Å². The summed E-state index contributed by atoms with van der Waals surface area (Å²) in [5.41, 5.74) is 0.367. The largest absolute Gasteiger partial charge is 0.282 e. The predicted octanol–water partition coefficient (Wildman–Crippen LogP) is 1.90. The molecule has 5 heteroatoms. The standard InChI is InChI=1S/C8H9ClNO2S/c1-2-13(11,12)10-8-6-4-3-5-7(8)9/h3,5-6,10H,2H2,1H3. The van der Waals surface area contributed by atoms with E-state index in [-0.39, 0.29) is 5.75 Å². The number of sulfonamides is 1. The highest BCUT2D eigenvalue weighted by Gasteiger charge is 2.08. The molecule has 0 amide bonds. The van der Waals surface area contributed by atoms with E-state index >= 15 is 0 Å². The molecule has 0 aliphatic carbocycles. The van der Waals surface area contributed by atoms with Gasteiger partial charge in [-0.3, -0.25) is 4.72 Å². The first-order valence-corrected chi connectivity index (χ1v) is 5.74. The van der Waals surface area contributed by atoms with Crippen LogP contribution in [0.25, 0.3) is 0 Å². The molecule has 0 saturated heterocycles. The molecule has 0 heterocycles. The molecule has 0 unspecified atom stereocenters. The van der Waals surface area contributed by atoms with E-state index in [1.807, 2.05) is 0 Å². The maximum atomic E-state index is 11.1. The van der Waals surface area contributed by atoms with Gasteiger partial charge in [-0.25, -0.2) is 8.42 Å². The van der Waals surface area contributed by atoms with Gasteiger partial charge >= 0.3 is 0 Å². The molecule has 1 rings (SSSR count). The summed E-state index contributed by atoms with van der Waals surface area (Å²) in [6.07, 6.45) is 0. The van der Waals surface area contributed by atoms with Gasteiger partial charge in [0.1, 0.15) is 0 Å². The number of hydrogen-bond donors (Lipinski definition) is 1. The van der Waals surface area contributed by atoms with Crippen LogP contribution in [0.15, 0.2) is 18.2 Å². The minimum atomic E-state index is -3.25. The van der Waals surface area contributed by atoms with Crippen LogP contribution in [0, 0.1) is 6.07 Å². The molecule has 3 nitrogen and oxygen atoms in total. The molecule has 1 aromatic carbocycles. The second kappa shape index (κ2) is 3.98. The van der Waals surface area contributed by atoms with Crippen LogP contribution in [-0.2, 0) is 10.0 Å². The van der Waals surface area contributed by atoms with Crippen LogP contribution in [0.5, 0.6) is 0 Å². The fraction of sp³-hybridized carbons (Fsp3) is 0.250. The highest BCUT2D eigenvalue weighted by atomic mass is 35.5. The van der Waals surface area contributed by atoms with Crippen molar-refractivity contribution in [2.75, 3.05) is 10.5 Å². The average molecular weight is 219 g/mol. The summed E-state index contributed by atoms with van der Waals surface area (Å²) >= 11 is 5.74. The first-order valence-electron chi connectivity index (χ1n) is 3.71. The van der Waals surface area contributed by atoms with Crippen molar-refractivity contribution in [1.29, 1.82) is 0 Å². The molecule has 13 heavy (non-hydrogen) atoms. The number of rotatable bonds is 3. The number of anilines is 1. The van der Waals surface area contributed by atoms with E-state index in [1.165, 1.54) is 6.07 Å². The number of hydrogen-bond acceptors (Lipinski definition) is 2. The molecule has 0 aliphatic rings. The zero-order valence-corrected chi connectivity index (χ0v) is 8.61. The van der Waals surface area contributed by atoms with E-state index in [1.54, 1.807) is 19.1 Å². The first-order chi connectivity index (χ1) is 6.05. The van der Waals surface area contributed by atoms with E-state index in [9.17, 15) is 8.42 Å². The third kappa shape index (κ3) is 2.90. The molecular weight excluding hydrogens is 210 g/mol. The second-order valence-electron chi connectivity index (χ2n) is 2.41. The Labute approximate surface area is 82.8 Å². The zero-order chi connectivity index (χ0) is 9.90. The van der Waals surface area contributed by atoms with Gasteiger partial charge < -0.3 is 0 Å². The maximum absolute atomic E-state index is 11.1. The Balaban J connectivity index is 2.93. The van der Waals surface area contributed by atoms with Gasteiger partial charge in [-0.15, -0.1) is 0 Å². The van der Waals surface area contributed by atoms with Crippen LogP contribution < -0.4 is 4.72 Å². The third-order valence-electron chi connectivity index (χ3n) is 1.46. The van der Waals surface area contributed by atoms with E-state index in [2.05, 4.69) is 10.8 Å². The van der Waals surface area contributed by atoms with Crippen molar-refractivity contribution in [3.8, 4) is 0 Å². The second-order valence-corrected chi connectivity index (χ2v) is 4.83. The van der Waals surface area contributed by atoms with Crippen LogP contribution in [0.3, 0.4) is 0 Å². The Morgan fingerprint density at radius 3 is 2.85 bits per heavy atom. The molecule has 0 saturated carbocycles. The third-order valence-corrected chi connectivity index (χ3v) is 3.08. The molecule has 1 N–H and O–H groups in total.